The number of hydrogen-bond acceptors (Lipinski definition) is 2. The maximum Gasteiger partial charge on any atom is 0.221 e. The van der Waals surface area contributed by atoms with Gasteiger partial charge < -0.3 is 10.4 Å². The minimum absolute atomic E-state index is 0.0811. The molecule has 0 saturated heterocycles. The Balaban J connectivity index is 2.59. The highest BCUT2D eigenvalue weighted by atomic mass is 16.3. The number of phenols is 1. The zero-order valence-corrected chi connectivity index (χ0v) is 16.3. The standard InChI is InChI=1S/C22H29NO2/c1-14(24)23-17-10-8-15(9-11-17)16-12-18(21(2,3)4)20(25)19(13-16)22(5,6)7/h8-13,25H,1-7H3,(H,23,24). The van der Waals surface area contributed by atoms with Gasteiger partial charge in [-0.05, 0) is 46.2 Å². The molecule has 2 rings (SSSR count). The molecule has 0 aliphatic carbocycles. The van der Waals surface area contributed by atoms with E-state index in [9.17, 15) is 9.90 Å². The van der Waals surface area contributed by atoms with Gasteiger partial charge in [-0.3, -0.25) is 4.79 Å². The Morgan fingerprint density at radius 3 is 1.64 bits per heavy atom. The third-order valence-corrected chi connectivity index (χ3v) is 4.26. The highest BCUT2D eigenvalue weighted by Crippen LogP contribution is 2.42. The summed E-state index contributed by atoms with van der Waals surface area (Å²) in [6.45, 7) is 14.2. The van der Waals surface area contributed by atoms with E-state index in [1.807, 2.05) is 24.3 Å². The van der Waals surface area contributed by atoms with Gasteiger partial charge in [0, 0.05) is 23.7 Å². The number of aromatic hydroxyl groups is 1. The van der Waals surface area contributed by atoms with Crippen LogP contribution in [0.15, 0.2) is 36.4 Å². The molecule has 134 valence electrons. The summed E-state index contributed by atoms with van der Waals surface area (Å²) in [6, 6.07) is 11.9. The van der Waals surface area contributed by atoms with Crippen molar-refractivity contribution < 1.29 is 9.90 Å². The minimum Gasteiger partial charge on any atom is -0.507 e. The average Bonchev–Trinajstić information content (AvgIpc) is 2.45. The van der Waals surface area contributed by atoms with Gasteiger partial charge in [-0.2, -0.15) is 0 Å². The van der Waals surface area contributed by atoms with E-state index in [0.29, 0.717) is 5.75 Å². The van der Waals surface area contributed by atoms with E-state index in [2.05, 4.69) is 59.0 Å². The molecule has 2 aromatic rings. The Labute approximate surface area is 151 Å². The lowest BCUT2D eigenvalue weighted by Gasteiger charge is -2.28. The quantitative estimate of drug-likeness (QED) is 0.747. The van der Waals surface area contributed by atoms with Gasteiger partial charge >= 0.3 is 0 Å². The molecule has 2 aromatic carbocycles. The molecule has 0 aromatic heterocycles. The van der Waals surface area contributed by atoms with Crippen molar-refractivity contribution in [2.45, 2.75) is 59.3 Å². The van der Waals surface area contributed by atoms with Crippen LogP contribution in [0.4, 0.5) is 5.69 Å². The van der Waals surface area contributed by atoms with Crippen molar-refractivity contribution in [2.75, 3.05) is 5.32 Å². The van der Waals surface area contributed by atoms with Crippen LogP contribution >= 0.6 is 0 Å². The lowest BCUT2D eigenvalue weighted by molar-refractivity contribution is -0.114. The fourth-order valence-electron chi connectivity index (χ4n) is 2.89. The molecule has 1 amide bonds. The topological polar surface area (TPSA) is 49.3 Å². The molecule has 0 fully saturated rings. The van der Waals surface area contributed by atoms with Gasteiger partial charge in [0.25, 0.3) is 0 Å². The number of hydrogen-bond donors (Lipinski definition) is 2. The van der Waals surface area contributed by atoms with E-state index < -0.39 is 0 Å². The summed E-state index contributed by atoms with van der Waals surface area (Å²) in [4.78, 5) is 11.2. The Morgan fingerprint density at radius 1 is 0.840 bits per heavy atom. The summed E-state index contributed by atoms with van der Waals surface area (Å²) in [5.74, 6) is 0.307. The highest BCUT2D eigenvalue weighted by molar-refractivity contribution is 5.89. The van der Waals surface area contributed by atoms with Crippen molar-refractivity contribution >= 4 is 11.6 Å². The van der Waals surface area contributed by atoms with Crippen LogP contribution in [0.25, 0.3) is 11.1 Å². The zero-order chi connectivity index (χ0) is 19.0. The molecule has 0 bridgehead atoms. The Bertz CT molecular complexity index is 740. The minimum atomic E-state index is -0.157. The van der Waals surface area contributed by atoms with E-state index in [1.54, 1.807) is 0 Å². The summed E-state index contributed by atoms with van der Waals surface area (Å²) in [7, 11) is 0. The van der Waals surface area contributed by atoms with Crippen molar-refractivity contribution in [3.63, 3.8) is 0 Å². The van der Waals surface area contributed by atoms with Gasteiger partial charge in [-0.25, -0.2) is 0 Å². The van der Waals surface area contributed by atoms with Crippen molar-refractivity contribution in [1.82, 2.24) is 0 Å². The van der Waals surface area contributed by atoms with Gasteiger partial charge in [0.15, 0.2) is 0 Å². The van der Waals surface area contributed by atoms with E-state index in [4.69, 9.17) is 0 Å². The second-order valence-corrected chi connectivity index (χ2v) is 8.68. The average molecular weight is 339 g/mol. The highest BCUT2D eigenvalue weighted by Gasteiger charge is 2.26. The molecule has 0 heterocycles. The maximum atomic E-state index is 11.2. The van der Waals surface area contributed by atoms with Crippen LogP contribution in [0.3, 0.4) is 0 Å². The van der Waals surface area contributed by atoms with Crippen molar-refractivity contribution in [3.05, 3.63) is 47.5 Å². The molecule has 0 aliphatic heterocycles. The van der Waals surface area contributed by atoms with Gasteiger partial charge in [0.05, 0.1) is 0 Å². The number of nitrogens with one attached hydrogen (secondary N) is 1. The van der Waals surface area contributed by atoms with Crippen LogP contribution in [0.1, 0.15) is 59.6 Å². The van der Waals surface area contributed by atoms with Crippen molar-refractivity contribution in [3.8, 4) is 16.9 Å². The Kier molecular flexibility index (Phi) is 4.99. The summed E-state index contributed by atoms with van der Waals surface area (Å²) in [5, 5.41) is 13.6. The largest absolute Gasteiger partial charge is 0.507 e. The molecule has 0 atom stereocenters. The number of phenolic OH excluding ortho intramolecular Hbond substituents is 1. The van der Waals surface area contributed by atoms with Crippen molar-refractivity contribution in [2.24, 2.45) is 0 Å². The summed E-state index contributed by atoms with van der Waals surface area (Å²) >= 11 is 0. The molecule has 0 aliphatic rings. The maximum absolute atomic E-state index is 11.2. The van der Waals surface area contributed by atoms with Crippen LogP contribution in [0.2, 0.25) is 0 Å². The third-order valence-electron chi connectivity index (χ3n) is 4.26. The number of carbonyl (C=O) groups is 1. The first-order valence-electron chi connectivity index (χ1n) is 8.65. The first kappa shape index (κ1) is 19.0. The Hall–Kier alpha value is -2.29. The Morgan fingerprint density at radius 2 is 1.28 bits per heavy atom. The van der Waals surface area contributed by atoms with Gasteiger partial charge in [0.1, 0.15) is 5.75 Å². The number of benzene rings is 2. The van der Waals surface area contributed by atoms with E-state index in [1.165, 1.54) is 6.92 Å². The number of anilines is 1. The summed E-state index contributed by atoms with van der Waals surface area (Å²) in [5.41, 5.74) is 4.49. The number of carbonyl (C=O) groups excluding carboxylic acids is 1. The fourth-order valence-corrected chi connectivity index (χ4v) is 2.89. The van der Waals surface area contributed by atoms with Gasteiger partial charge in [-0.15, -0.1) is 0 Å². The molecule has 0 saturated carbocycles. The fraction of sp³-hybridized carbons (Fsp3) is 0.409. The van der Waals surface area contributed by atoms with E-state index in [-0.39, 0.29) is 16.7 Å². The molecule has 0 unspecified atom stereocenters. The van der Waals surface area contributed by atoms with Crippen LogP contribution in [0, 0.1) is 0 Å². The molecular formula is C22H29NO2. The zero-order valence-electron chi connectivity index (χ0n) is 16.3. The summed E-state index contributed by atoms with van der Waals surface area (Å²) in [6.07, 6.45) is 0. The van der Waals surface area contributed by atoms with E-state index >= 15 is 0 Å². The molecule has 3 heteroatoms. The number of amides is 1. The lowest BCUT2D eigenvalue weighted by Crippen LogP contribution is -2.17. The molecule has 0 spiro atoms. The SMILES string of the molecule is CC(=O)Nc1ccc(-c2cc(C(C)(C)C)c(O)c(C(C)(C)C)c2)cc1. The van der Waals surface area contributed by atoms with Crippen LogP contribution in [0.5, 0.6) is 5.75 Å². The first-order chi connectivity index (χ1) is 11.4. The van der Waals surface area contributed by atoms with Gasteiger partial charge in [0.2, 0.25) is 5.91 Å². The lowest BCUT2D eigenvalue weighted by atomic mass is 9.78. The predicted molar refractivity (Wildman–Crippen MR) is 105 cm³/mol. The number of rotatable bonds is 2. The third kappa shape index (κ3) is 4.41. The first-order valence-corrected chi connectivity index (χ1v) is 8.65. The van der Waals surface area contributed by atoms with Crippen LogP contribution < -0.4 is 5.32 Å². The van der Waals surface area contributed by atoms with Crippen molar-refractivity contribution in [1.29, 1.82) is 0 Å². The van der Waals surface area contributed by atoms with Crippen LogP contribution in [-0.4, -0.2) is 11.0 Å². The van der Waals surface area contributed by atoms with E-state index in [0.717, 1.165) is 27.9 Å². The van der Waals surface area contributed by atoms with Gasteiger partial charge in [-0.1, -0.05) is 53.7 Å². The molecule has 2 N–H and O–H groups in total. The second kappa shape index (κ2) is 6.55. The normalized spacial score (nSPS) is 12.1. The smallest absolute Gasteiger partial charge is 0.221 e. The predicted octanol–water partition coefficient (Wildman–Crippen LogP) is 5.61. The monoisotopic (exact) mass is 339 g/mol. The molecule has 0 radical (unpaired) electrons. The summed E-state index contributed by atoms with van der Waals surface area (Å²) < 4.78 is 0. The molecule has 3 nitrogen and oxygen atoms in total. The van der Waals surface area contributed by atoms with Crippen LogP contribution in [-0.2, 0) is 15.6 Å². The molecular weight excluding hydrogens is 310 g/mol. The second-order valence-electron chi connectivity index (χ2n) is 8.68. The molecule has 25 heavy (non-hydrogen) atoms.